The molecule has 0 unspecified atom stereocenters. The molecule has 0 amide bonds. The Bertz CT molecular complexity index is 979. The molecule has 0 fully saturated rings. The van der Waals surface area contributed by atoms with Crippen molar-refractivity contribution in [2.45, 2.75) is 0 Å². The molecule has 1 aromatic heterocycles. The van der Waals surface area contributed by atoms with Gasteiger partial charge < -0.3 is 4.74 Å². The van der Waals surface area contributed by atoms with E-state index in [-0.39, 0.29) is 11.6 Å². The minimum Gasteiger partial charge on any atom is -0.383 e. The number of methoxy groups -OCH3 is 1. The third-order valence-electron chi connectivity index (χ3n) is 3.60. The van der Waals surface area contributed by atoms with Crippen LogP contribution in [-0.4, -0.2) is 31.2 Å². The molecular weight excluding hydrogens is 356 g/mol. The van der Waals surface area contributed by atoms with Crippen LogP contribution in [0.3, 0.4) is 0 Å². The lowest BCUT2D eigenvalue weighted by molar-refractivity contribution is 0.207. The van der Waals surface area contributed by atoms with Crippen molar-refractivity contribution >= 4 is 17.6 Å². The first-order chi connectivity index (χ1) is 12.7. The van der Waals surface area contributed by atoms with Crippen molar-refractivity contribution in [1.29, 1.82) is 0 Å². The lowest BCUT2D eigenvalue weighted by atomic mass is 10.1. The Labute approximate surface area is 153 Å². The Morgan fingerprint density at radius 1 is 1.08 bits per heavy atom. The second-order valence-electron chi connectivity index (χ2n) is 5.34. The van der Waals surface area contributed by atoms with Crippen LogP contribution in [0.4, 0.5) is 8.78 Å². The largest absolute Gasteiger partial charge is 0.383 e. The highest BCUT2D eigenvalue weighted by Crippen LogP contribution is 2.23. The zero-order valence-electron chi connectivity index (χ0n) is 14.1. The number of rotatable bonds is 6. The molecule has 0 atom stereocenters. The molecule has 0 spiro atoms. The summed E-state index contributed by atoms with van der Waals surface area (Å²) in [4.78, 5) is 5.01. The maximum absolute atomic E-state index is 14.2. The molecule has 0 aliphatic heterocycles. The average Bonchev–Trinajstić information content (AvgIpc) is 3.04. The standard InChI is InChI=1S/C19H17F2N3OS/c1-25-11-10-22-19-24(23-12-14-6-2-4-8-16(14)20)18(13-26-19)15-7-3-5-9-17(15)21/h2-9,12-13H,10-11H2,1H3/b22-19?,23-12-. The van der Waals surface area contributed by atoms with Crippen molar-refractivity contribution in [3.8, 4) is 11.3 Å². The number of nitrogens with zero attached hydrogens (tertiary/aromatic N) is 3. The third-order valence-corrected chi connectivity index (χ3v) is 4.45. The van der Waals surface area contributed by atoms with E-state index in [2.05, 4.69) is 10.1 Å². The Hall–Kier alpha value is -2.64. The van der Waals surface area contributed by atoms with E-state index >= 15 is 0 Å². The molecule has 0 bridgehead atoms. The van der Waals surface area contributed by atoms with Gasteiger partial charge in [0.1, 0.15) is 11.6 Å². The van der Waals surface area contributed by atoms with Gasteiger partial charge in [0.05, 0.1) is 25.1 Å². The summed E-state index contributed by atoms with van der Waals surface area (Å²) in [5.74, 6) is -0.735. The van der Waals surface area contributed by atoms with E-state index < -0.39 is 0 Å². The first kappa shape index (κ1) is 18.2. The normalized spacial score (nSPS) is 12.2. The van der Waals surface area contributed by atoms with Crippen molar-refractivity contribution in [2.75, 3.05) is 20.3 Å². The van der Waals surface area contributed by atoms with E-state index in [0.717, 1.165) is 0 Å². The SMILES string of the molecule is COCCN=c1scc(-c2ccccc2F)n1/N=C\c1ccccc1F. The van der Waals surface area contributed by atoms with Crippen molar-refractivity contribution in [1.82, 2.24) is 4.68 Å². The fourth-order valence-corrected chi connectivity index (χ4v) is 3.16. The molecule has 0 radical (unpaired) electrons. The van der Waals surface area contributed by atoms with Crippen molar-refractivity contribution in [2.24, 2.45) is 10.1 Å². The van der Waals surface area contributed by atoms with Crippen LogP contribution >= 0.6 is 11.3 Å². The second kappa shape index (κ2) is 8.64. The molecule has 0 N–H and O–H groups in total. The first-order valence-electron chi connectivity index (χ1n) is 7.94. The van der Waals surface area contributed by atoms with Gasteiger partial charge in [0.2, 0.25) is 4.80 Å². The third kappa shape index (κ3) is 4.12. The zero-order valence-corrected chi connectivity index (χ0v) is 14.9. The predicted molar refractivity (Wildman–Crippen MR) is 99.4 cm³/mol. The van der Waals surface area contributed by atoms with Gasteiger partial charge in [0.25, 0.3) is 0 Å². The minimum absolute atomic E-state index is 0.341. The highest BCUT2D eigenvalue weighted by molar-refractivity contribution is 7.07. The van der Waals surface area contributed by atoms with E-state index in [1.54, 1.807) is 48.9 Å². The van der Waals surface area contributed by atoms with Crippen LogP contribution in [0.25, 0.3) is 11.3 Å². The summed E-state index contributed by atoms with van der Waals surface area (Å²) in [6, 6.07) is 12.8. The molecule has 2 aromatic carbocycles. The van der Waals surface area contributed by atoms with Gasteiger partial charge in [-0.2, -0.15) is 5.10 Å². The van der Waals surface area contributed by atoms with Crippen LogP contribution in [0, 0.1) is 11.6 Å². The fourth-order valence-electron chi connectivity index (χ4n) is 2.31. The summed E-state index contributed by atoms with van der Waals surface area (Å²) < 4.78 is 34.6. The number of ether oxygens (including phenoxy) is 1. The summed E-state index contributed by atoms with van der Waals surface area (Å²) in [5, 5.41) is 6.13. The molecule has 0 saturated carbocycles. The molecule has 1 heterocycles. The number of halogens is 2. The van der Waals surface area contributed by atoms with E-state index in [9.17, 15) is 8.78 Å². The second-order valence-corrected chi connectivity index (χ2v) is 6.17. The summed E-state index contributed by atoms with van der Waals surface area (Å²) in [7, 11) is 1.60. The van der Waals surface area contributed by atoms with Crippen molar-refractivity contribution < 1.29 is 13.5 Å². The molecule has 4 nitrogen and oxygen atoms in total. The first-order valence-corrected chi connectivity index (χ1v) is 8.82. The molecule has 134 valence electrons. The number of benzene rings is 2. The maximum Gasteiger partial charge on any atom is 0.206 e. The number of aromatic nitrogens is 1. The molecule has 7 heteroatoms. The van der Waals surface area contributed by atoms with Crippen LogP contribution in [0.1, 0.15) is 5.56 Å². The van der Waals surface area contributed by atoms with Gasteiger partial charge in [0.15, 0.2) is 0 Å². The van der Waals surface area contributed by atoms with E-state index in [0.29, 0.717) is 34.8 Å². The maximum atomic E-state index is 14.2. The number of hydrogen-bond acceptors (Lipinski definition) is 4. The Balaban J connectivity index is 2.08. The average molecular weight is 373 g/mol. The van der Waals surface area contributed by atoms with Crippen LogP contribution < -0.4 is 4.80 Å². The summed E-state index contributed by atoms with van der Waals surface area (Å²) in [6.45, 7) is 0.910. The Morgan fingerprint density at radius 3 is 2.54 bits per heavy atom. The highest BCUT2D eigenvalue weighted by atomic mass is 32.1. The van der Waals surface area contributed by atoms with Gasteiger partial charge >= 0.3 is 0 Å². The molecule has 0 aliphatic rings. The lowest BCUT2D eigenvalue weighted by Crippen LogP contribution is -2.14. The molecule has 26 heavy (non-hydrogen) atoms. The molecule has 3 aromatic rings. The summed E-state index contributed by atoms with van der Waals surface area (Å²) in [5.41, 5.74) is 1.30. The molecule has 0 saturated heterocycles. The van der Waals surface area contributed by atoms with E-state index in [1.807, 2.05) is 0 Å². The fraction of sp³-hybridized carbons (Fsp3) is 0.158. The van der Waals surface area contributed by atoms with Crippen LogP contribution in [0.15, 0.2) is 64.0 Å². The minimum atomic E-state index is -0.377. The van der Waals surface area contributed by atoms with Gasteiger partial charge in [-0.25, -0.2) is 13.5 Å². The van der Waals surface area contributed by atoms with Crippen LogP contribution in [-0.2, 0) is 4.74 Å². The lowest BCUT2D eigenvalue weighted by Gasteiger charge is -2.05. The van der Waals surface area contributed by atoms with Gasteiger partial charge in [0, 0.05) is 23.6 Å². The highest BCUT2D eigenvalue weighted by Gasteiger charge is 2.11. The predicted octanol–water partition coefficient (Wildman–Crippen LogP) is 3.92. The zero-order chi connectivity index (χ0) is 18.4. The number of hydrogen-bond donors (Lipinski definition) is 0. The van der Waals surface area contributed by atoms with Crippen molar-refractivity contribution in [3.63, 3.8) is 0 Å². The Kier molecular flexibility index (Phi) is 6.04. The van der Waals surface area contributed by atoms with E-state index in [4.69, 9.17) is 4.74 Å². The molecule has 0 aliphatic carbocycles. The molecular formula is C19H17F2N3OS. The van der Waals surface area contributed by atoms with Crippen LogP contribution in [0.5, 0.6) is 0 Å². The summed E-state index contributed by atoms with van der Waals surface area (Å²) in [6.07, 6.45) is 1.40. The van der Waals surface area contributed by atoms with Gasteiger partial charge in [-0.1, -0.05) is 30.3 Å². The molecule has 3 rings (SSSR count). The van der Waals surface area contributed by atoms with E-state index in [1.165, 1.54) is 34.4 Å². The van der Waals surface area contributed by atoms with Crippen LogP contribution in [0.2, 0.25) is 0 Å². The topological polar surface area (TPSA) is 38.9 Å². The Morgan fingerprint density at radius 2 is 1.81 bits per heavy atom. The number of thiazole rings is 1. The quantitative estimate of drug-likeness (QED) is 0.477. The van der Waals surface area contributed by atoms with Gasteiger partial charge in [-0.05, 0) is 18.2 Å². The monoisotopic (exact) mass is 373 g/mol. The van der Waals surface area contributed by atoms with Gasteiger partial charge in [-0.3, -0.25) is 4.99 Å². The smallest absolute Gasteiger partial charge is 0.206 e. The van der Waals surface area contributed by atoms with Crippen molar-refractivity contribution in [3.05, 3.63) is 75.9 Å². The van der Waals surface area contributed by atoms with Gasteiger partial charge in [-0.15, -0.1) is 11.3 Å². The summed E-state index contributed by atoms with van der Waals surface area (Å²) >= 11 is 1.34.